The SMILES string of the molecule is Cc1nc(=S)[nH]c(C)c1CCC(=O)N1CCN(S(=O)(=O)c2ccc(F)cc2)CC1. The van der Waals surface area contributed by atoms with E-state index in [1.54, 1.807) is 4.90 Å². The molecule has 1 aromatic heterocycles. The molecule has 156 valence electrons. The Labute approximate surface area is 174 Å². The maximum absolute atomic E-state index is 13.1. The number of amides is 1. The number of nitrogens with one attached hydrogen (secondary N) is 1. The fourth-order valence-electron chi connectivity index (χ4n) is 3.45. The van der Waals surface area contributed by atoms with Gasteiger partial charge < -0.3 is 9.88 Å². The molecule has 29 heavy (non-hydrogen) atoms. The molecule has 1 aromatic carbocycles. The van der Waals surface area contributed by atoms with Gasteiger partial charge in [0.25, 0.3) is 0 Å². The summed E-state index contributed by atoms with van der Waals surface area (Å²) in [5, 5.41) is 0. The summed E-state index contributed by atoms with van der Waals surface area (Å²) in [5.74, 6) is -0.509. The van der Waals surface area contributed by atoms with Gasteiger partial charge in [0.05, 0.1) is 4.90 Å². The summed E-state index contributed by atoms with van der Waals surface area (Å²) >= 11 is 5.05. The van der Waals surface area contributed by atoms with Gasteiger partial charge in [0.15, 0.2) is 4.77 Å². The lowest BCUT2D eigenvalue weighted by Crippen LogP contribution is -2.50. The standard InChI is InChI=1S/C19H23FN4O3S2/c1-13-17(14(2)22-19(28)21-13)7-8-18(25)23-9-11-24(12-10-23)29(26,27)16-5-3-15(20)4-6-16/h3-6H,7-12H2,1-2H3,(H,21,22,28). The van der Waals surface area contributed by atoms with E-state index in [0.29, 0.717) is 30.7 Å². The third-order valence-corrected chi connectivity index (χ3v) is 7.19. The van der Waals surface area contributed by atoms with Crippen LogP contribution in [0.4, 0.5) is 4.39 Å². The fourth-order valence-corrected chi connectivity index (χ4v) is 5.16. The molecule has 0 unspecified atom stereocenters. The third-order valence-electron chi connectivity index (χ3n) is 5.08. The molecule has 2 heterocycles. The van der Waals surface area contributed by atoms with E-state index in [4.69, 9.17) is 12.2 Å². The second-order valence-electron chi connectivity index (χ2n) is 6.97. The first kappa shape index (κ1) is 21.5. The number of piperazine rings is 1. The van der Waals surface area contributed by atoms with Crippen LogP contribution in [0.1, 0.15) is 23.4 Å². The van der Waals surface area contributed by atoms with Crippen LogP contribution in [0.5, 0.6) is 0 Å². The van der Waals surface area contributed by atoms with Crippen molar-refractivity contribution in [2.24, 2.45) is 0 Å². The van der Waals surface area contributed by atoms with Crippen molar-refractivity contribution in [1.29, 1.82) is 0 Å². The predicted octanol–water partition coefficient (Wildman–Crippen LogP) is 2.36. The molecule has 0 bridgehead atoms. The normalized spacial score (nSPS) is 15.5. The van der Waals surface area contributed by atoms with E-state index >= 15 is 0 Å². The number of H-pyrrole nitrogens is 1. The van der Waals surface area contributed by atoms with Crippen molar-refractivity contribution in [3.8, 4) is 0 Å². The molecule has 0 saturated carbocycles. The Morgan fingerprint density at radius 3 is 2.38 bits per heavy atom. The van der Waals surface area contributed by atoms with Crippen molar-refractivity contribution in [2.45, 2.75) is 31.6 Å². The maximum atomic E-state index is 13.1. The number of aryl methyl sites for hydroxylation is 2. The first-order valence-electron chi connectivity index (χ1n) is 9.28. The second kappa shape index (κ2) is 8.68. The maximum Gasteiger partial charge on any atom is 0.243 e. The molecule has 0 aliphatic carbocycles. The Hall–Kier alpha value is -2.17. The van der Waals surface area contributed by atoms with E-state index in [2.05, 4.69) is 9.97 Å². The molecule has 1 N–H and O–H groups in total. The predicted molar refractivity (Wildman–Crippen MR) is 109 cm³/mol. The zero-order chi connectivity index (χ0) is 21.2. The molecule has 1 aliphatic rings. The van der Waals surface area contributed by atoms with Crippen LogP contribution in [-0.2, 0) is 21.2 Å². The summed E-state index contributed by atoms with van der Waals surface area (Å²) in [4.78, 5) is 21.6. The number of carbonyl (C=O) groups is 1. The Morgan fingerprint density at radius 1 is 1.17 bits per heavy atom. The minimum Gasteiger partial charge on any atom is -0.340 e. The van der Waals surface area contributed by atoms with E-state index < -0.39 is 15.8 Å². The molecule has 1 saturated heterocycles. The molecule has 7 nitrogen and oxygen atoms in total. The largest absolute Gasteiger partial charge is 0.340 e. The third kappa shape index (κ3) is 4.88. The van der Waals surface area contributed by atoms with E-state index in [0.717, 1.165) is 29.1 Å². The number of rotatable bonds is 5. The lowest BCUT2D eigenvalue weighted by atomic mass is 10.1. The lowest BCUT2D eigenvalue weighted by molar-refractivity contribution is -0.132. The summed E-state index contributed by atoms with van der Waals surface area (Å²) in [5.41, 5.74) is 2.70. The van der Waals surface area contributed by atoms with Gasteiger partial charge in [-0.15, -0.1) is 0 Å². The average molecular weight is 439 g/mol. The Morgan fingerprint density at radius 2 is 1.79 bits per heavy atom. The number of benzene rings is 1. The number of halogens is 1. The van der Waals surface area contributed by atoms with Crippen LogP contribution >= 0.6 is 12.2 Å². The van der Waals surface area contributed by atoms with E-state index in [-0.39, 0.29) is 23.9 Å². The highest BCUT2D eigenvalue weighted by molar-refractivity contribution is 7.89. The van der Waals surface area contributed by atoms with Crippen LogP contribution in [-0.4, -0.2) is 59.7 Å². The van der Waals surface area contributed by atoms with Gasteiger partial charge >= 0.3 is 0 Å². The quantitative estimate of drug-likeness (QED) is 0.725. The van der Waals surface area contributed by atoms with Gasteiger partial charge in [-0.3, -0.25) is 4.79 Å². The summed E-state index contributed by atoms with van der Waals surface area (Å²) in [6.07, 6.45) is 0.863. The van der Waals surface area contributed by atoms with Crippen molar-refractivity contribution >= 4 is 28.1 Å². The van der Waals surface area contributed by atoms with Crippen molar-refractivity contribution in [1.82, 2.24) is 19.2 Å². The van der Waals surface area contributed by atoms with E-state index in [1.165, 1.54) is 16.4 Å². The van der Waals surface area contributed by atoms with Gasteiger partial charge in [-0.1, -0.05) is 0 Å². The minimum absolute atomic E-state index is 0.0231. The highest BCUT2D eigenvalue weighted by atomic mass is 32.2. The van der Waals surface area contributed by atoms with Crippen LogP contribution in [0.15, 0.2) is 29.2 Å². The number of sulfonamides is 1. The summed E-state index contributed by atoms with van der Waals surface area (Å²) in [7, 11) is -3.69. The topological polar surface area (TPSA) is 86.4 Å². The highest BCUT2D eigenvalue weighted by Crippen LogP contribution is 2.19. The Bertz CT molecular complexity index is 1030. The molecule has 0 spiro atoms. The molecule has 1 aliphatic heterocycles. The molecule has 10 heteroatoms. The molecule has 0 atom stereocenters. The van der Waals surface area contributed by atoms with Gasteiger partial charge in [0.2, 0.25) is 15.9 Å². The summed E-state index contributed by atoms with van der Waals surface area (Å²) in [6.45, 7) is 4.85. The molecule has 1 amide bonds. The Balaban J connectivity index is 1.58. The van der Waals surface area contributed by atoms with Crippen molar-refractivity contribution in [3.05, 3.63) is 51.8 Å². The molecular formula is C19H23FN4O3S2. The van der Waals surface area contributed by atoms with Crippen LogP contribution in [0, 0.1) is 24.4 Å². The van der Waals surface area contributed by atoms with Crippen molar-refractivity contribution in [2.75, 3.05) is 26.2 Å². The van der Waals surface area contributed by atoms with Crippen LogP contribution in [0.3, 0.4) is 0 Å². The number of hydrogen-bond donors (Lipinski definition) is 1. The fraction of sp³-hybridized carbons (Fsp3) is 0.421. The molecular weight excluding hydrogens is 415 g/mol. The number of nitrogens with zero attached hydrogens (tertiary/aromatic N) is 3. The first-order chi connectivity index (χ1) is 13.7. The number of hydrogen-bond acceptors (Lipinski definition) is 5. The van der Waals surface area contributed by atoms with Gasteiger partial charge in [0, 0.05) is 44.0 Å². The average Bonchev–Trinajstić information content (AvgIpc) is 2.67. The van der Waals surface area contributed by atoms with Crippen LogP contribution in [0.25, 0.3) is 0 Å². The number of aromatic amines is 1. The second-order valence-corrected chi connectivity index (χ2v) is 9.29. The van der Waals surface area contributed by atoms with E-state index in [9.17, 15) is 17.6 Å². The van der Waals surface area contributed by atoms with Crippen molar-refractivity contribution < 1.29 is 17.6 Å². The Kier molecular flexibility index (Phi) is 6.45. The van der Waals surface area contributed by atoms with Gasteiger partial charge in [-0.25, -0.2) is 17.8 Å². The zero-order valence-electron chi connectivity index (χ0n) is 16.3. The van der Waals surface area contributed by atoms with Gasteiger partial charge in [-0.2, -0.15) is 4.31 Å². The zero-order valence-corrected chi connectivity index (χ0v) is 17.9. The molecule has 2 aromatic rings. The smallest absolute Gasteiger partial charge is 0.243 e. The van der Waals surface area contributed by atoms with Crippen LogP contribution < -0.4 is 0 Å². The van der Waals surface area contributed by atoms with Gasteiger partial charge in [0.1, 0.15) is 5.82 Å². The lowest BCUT2D eigenvalue weighted by Gasteiger charge is -2.34. The number of carbonyl (C=O) groups excluding carboxylic acids is 1. The first-order valence-corrected chi connectivity index (χ1v) is 11.1. The molecule has 3 rings (SSSR count). The molecule has 1 fully saturated rings. The number of aromatic nitrogens is 2. The monoisotopic (exact) mass is 438 g/mol. The van der Waals surface area contributed by atoms with E-state index in [1.807, 2.05) is 13.8 Å². The molecule has 0 radical (unpaired) electrons. The summed E-state index contributed by atoms with van der Waals surface area (Å²) in [6, 6.07) is 4.76. The van der Waals surface area contributed by atoms with Gasteiger partial charge in [-0.05, 0) is 62.3 Å². The van der Waals surface area contributed by atoms with Crippen molar-refractivity contribution in [3.63, 3.8) is 0 Å². The highest BCUT2D eigenvalue weighted by Gasteiger charge is 2.30. The minimum atomic E-state index is -3.69. The van der Waals surface area contributed by atoms with Crippen LogP contribution in [0.2, 0.25) is 0 Å². The summed E-state index contributed by atoms with van der Waals surface area (Å²) < 4.78 is 40.2.